The Labute approximate surface area is 154 Å². The monoisotopic (exact) mass is 350 g/mol. The van der Waals surface area contributed by atoms with Crippen molar-refractivity contribution in [2.24, 2.45) is 0 Å². The molecule has 1 amide bonds. The summed E-state index contributed by atoms with van der Waals surface area (Å²) in [6.45, 7) is 7.24. The first kappa shape index (κ1) is 18.2. The van der Waals surface area contributed by atoms with E-state index in [2.05, 4.69) is 37.4 Å². The highest BCUT2D eigenvalue weighted by Gasteiger charge is 2.15. The van der Waals surface area contributed by atoms with Crippen molar-refractivity contribution < 1.29 is 9.21 Å². The van der Waals surface area contributed by atoms with Crippen LogP contribution in [0, 0.1) is 13.8 Å². The van der Waals surface area contributed by atoms with Gasteiger partial charge in [0.1, 0.15) is 11.3 Å². The lowest BCUT2D eigenvalue weighted by Gasteiger charge is -2.19. The number of carbonyl (C=O) groups excluding carboxylic acids is 1. The number of carbonyl (C=O) groups is 1. The summed E-state index contributed by atoms with van der Waals surface area (Å²) < 4.78 is 5.83. The molecular weight excluding hydrogens is 324 g/mol. The first-order valence-corrected chi connectivity index (χ1v) is 8.95. The SMILES string of the molecule is Cc1ccc(CN(C)CC(=O)N[C@H](C)c2cc3ccccc3o2)c(C)c1. The normalized spacial score (nSPS) is 12.5. The van der Waals surface area contributed by atoms with Crippen LogP contribution in [-0.4, -0.2) is 24.4 Å². The van der Waals surface area contributed by atoms with Crippen molar-refractivity contribution in [2.45, 2.75) is 33.4 Å². The van der Waals surface area contributed by atoms with E-state index in [-0.39, 0.29) is 11.9 Å². The van der Waals surface area contributed by atoms with Crippen LogP contribution in [0.15, 0.2) is 52.9 Å². The Kier molecular flexibility index (Phi) is 5.43. The van der Waals surface area contributed by atoms with Crippen LogP contribution in [0.4, 0.5) is 0 Å². The van der Waals surface area contributed by atoms with Gasteiger partial charge >= 0.3 is 0 Å². The van der Waals surface area contributed by atoms with E-state index in [1.807, 2.05) is 49.2 Å². The zero-order valence-electron chi connectivity index (χ0n) is 15.9. The van der Waals surface area contributed by atoms with Crippen LogP contribution in [-0.2, 0) is 11.3 Å². The molecule has 4 heteroatoms. The summed E-state index contributed by atoms with van der Waals surface area (Å²) in [5.41, 5.74) is 4.60. The molecule has 2 aromatic carbocycles. The predicted molar refractivity (Wildman–Crippen MR) is 105 cm³/mol. The molecule has 26 heavy (non-hydrogen) atoms. The summed E-state index contributed by atoms with van der Waals surface area (Å²) in [5, 5.41) is 4.07. The average Bonchev–Trinajstić information content (AvgIpc) is 3.01. The van der Waals surface area contributed by atoms with Gasteiger partial charge in [0.25, 0.3) is 0 Å². The lowest BCUT2D eigenvalue weighted by Crippen LogP contribution is -2.36. The Bertz CT molecular complexity index is 880. The first-order chi connectivity index (χ1) is 12.4. The number of hydrogen-bond acceptors (Lipinski definition) is 3. The van der Waals surface area contributed by atoms with Gasteiger partial charge in [-0.2, -0.15) is 0 Å². The van der Waals surface area contributed by atoms with E-state index in [0.717, 1.165) is 23.3 Å². The molecule has 1 atom stereocenters. The summed E-state index contributed by atoms with van der Waals surface area (Å²) in [6, 6.07) is 16.1. The van der Waals surface area contributed by atoms with Crippen molar-refractivity contribution in [1.82, 2.24) is 10.2 Å². The Morgan fingerprint density at radius 1 is 1.15 bits per heavy atom. The van der Waals surface area contributed by atoms with Crippen molar-refractivity contribution in [1.29, 1.82) is 0 Å². The highest BCUT2D eigenvalue weighted by molar-refractivity contribution is 5.80. The molecule has 3 rings (SSSR count). The van der Waals surface area contributed by atoms with E-state index in [0.29, 0.717) is 6.54 Å². The van der Waals surface area contributed by atoms with Gasteiger partial charge in [0.15, 0.2) is 0 Å². The summed E-state index contributed by atoms with van der Waals surface area (Å²) in [7, 11) is 1.96. The molecule has 0 unspecified atom stereocenters. The molecule has 0 aliphatic carbocycles. The molecule has 0 bridgehead atoms. The van der Waals surface area contributed by atoms with E-state index >= 15 is 0 Å². The summed E-state index contributed by atoms with van der Waals surface area (Å²) in [5.74, 6) is 0.766. The minimum absolute atomic E-state index is 0.00905. The minimum atomic E-state index is -0.163. The third-order valence-electron chi connectivity index (χ3n) is 4.60. The predicted octanol–water partition coefficient (Wildman–Crippen LogP) is 4.36. The van der Waals surface area contributed by atoms with E-state index in [1.54, 1.807) is 0 Å². The smallest absolute Gasteiger partial charge is 0.234 e. The van der Waals surface area contributed by atoms with Gasteiger partial charge in [0, 0.05) is 11.9 Å². The first-order valence-electron chi connectivity index (χ1n) is 8.95. The molecule has 0 aliphatic heterocycles. The minimum Gasteiger partial charge on any atom is -0.459 e. The number of furan rings is 1. The molecule has 1 aromatic heterocycles. The molecule has 4 nitrogen and oxygen atoms in total. The average molecular weight is 350 g/mol. The number of benzene rings is 2. The van der Waals surface area contributed by atoms with Gasteiger partial charge in [0.05, 0.1) is 12.6 Å². The molecule has 0 radical (unpaired) electrons. The van der Waals surface area contributed by atoms with Crippen LogP contribution in [0.25, 0.3) is 11.0 Å². The van der Waals surface area contributed by atoms with Gasteiger partial charge in [0.2, 0.25) is 5.91 Å². The highest BCUT2D eigenvalue weighted by atomic mass is 16.3. The van der Waals surface area contributed by atoms with Crippen LogP contribution in [0.2, 0.25) is 0 Å². The van der Waals surface area contributed by atoms with Crippen LogP contribution in [0.3, 0.4) is 0 Å². The van der Waals surface area contributed by atoms with Crippen LogP contribution in [0.1, 0.15) is 35.4 Å². The molecular formula is C22H26N2O2. The van der Waals surface area contributed by atoms with Crippen molar-refractivity contribution in [2.75, 3.05) is 13.6 Å². The number of nitrogens with one attached hydrogen (secondary N) is 1. The van der Waals surface area contributed by atoms with Gasteiger partial charge in [-0.25, -0.2) is 0 Å². The zero-order valence-corrected chi connectivity index (χ0v) is 15.9. The maximum absolute atomic E-state index is 12.4. The van der Waals surface area contributed by atoms with Gasteiger partial charge < -0.3 is 9.73 Å². The van der Waals surface area contributed by atoms with Crippen LogP contribution in [0.5, 0.6) is 0 Å². The summed E-state index contributed by atoms with van der Waals surface area (Å²) in [4.78, 5) is 14.4. The number of hydrogen-bond donors (Lipinski definition) is 1. The van der Waals surface area contributed by atoms with Crippen LogP contribution >= 0.6 is 0 Å². The maximum atomic E-state index is 12.4. The third kappa shape index (κ3) is 4.33. The second-order valence-electron chi connectivity index (χ2n) is 7.08. The van der Waals surface area contributed by atoms with Gasteiger partial charge in [-0.1, -0.05) is 42.0 Å². The van der Waals surface area contributed by atoms with E-state index in [1.165, 1.54) is 16.7 Å². The van der Waals surface area contributed by atoms with Gasteiger partial charge in [-0.15, -0.1) is 0 Å². The van der Waals surface area contributed by atoms with E-state index < -0.39 is 0 Å². The second kappa shape index (κ2) is 7.75. The Morgan fingerprint density at radius 3 is 2.65 bits per heavy atom. The number of fused-ring (bicyclic) bond motifs is 1. The maximum Gasteiger partial charge on any atom is 0.234 e. The second-order valence-corrected chi connectivity index (χ2v) is 7.08. The van der Waals surface area contributed by atoms with Crippen molar-refractivity contribution in [3.8, 4) is 0 Å². The van der Waals surface area contributed by atoms with E-state index in [4.69, 9.17) is 4.42 Å². The van der Waals surface area contributed by atoms with Crippen LogP contribution < -0.4 is 5.32 Å². The van der Waals surface area contributed by atoms with Crippen molar-refractivity contribution >= 4 is 16.9 Å². The summed E-state index contributed by atoms with van der Waals surface area (Å²) >= 11 is 0. The Hall–Kier alpha value is -2.59. The quantitative estimate of drug-likeness (QED) is 0.718. The Balaban J connectivity index is 1.57. The number of rotatable bonds is 6. The topological polar surface area (TPSA) is 45.5 Å². The molecule has 1 N–H and O–H groups in total. The zero-order chi connectivity index (χ0) is 18.7. The molecule has 0 saturated carbocycles. The lowest BCUT2D eigenvalue weighted by atomic mass is 10.1. The standard InChI is InChI=1S/C22H26N2O2/c1-15-9-10-19(16(2)11-15)13-24(4)14-22(25)23-17(3)21-12-18-7-5-6-8-20(18)26-21/h5-12,17H,13-14H2,1-4H3,(H,23,25)/t17-/m1/s1. The lowest BCUT2D eigenvalue weighted by molar-refractivity contribution is -0.122. The number of aryl methyl sites for hydroxylation is 2. The number of likely N-dealkylation sites (N-methyl/N-ethyl adjacent to an activating group) is 1. The molecule has 3 aromatic rings. The number of nitrogens with zero attached hydrogens (tertiary/aromatic N) is 1. The molecule has 0 spiro atoms. The fraction of sp³-hybridized carbons (Fsp3) is 0.318. The molecule has 136 valence electrons. The molecule has 0 fully saturated rings. The van der Waals surface area contributed by atoms with E-state index in [9.17, 15) is 4.79 Å². The van der Waals surface area contributed by atoms with Crippen molar-refractivity contribution in [3.63, 3.8) is 0 Å². The number of amides is 1. The molecule has 0 saturated heterocycles. The van der Waals surface area contributed by atoms with Gasteiger partial charge in [-0.05, 0) is 51.1 Å². The third-order valence-corrected chi connectivity index (χ3v) is 4.60. The highest BCUT2D eigenvalue weighted by Crippen LogP contribution is 2.23. The number of para-hydroxylation sites is 1. The van der Waals surface area contributed by atoms with Gasteiger partial charge in [-0.3, -0.25) is 9.69 Å². The largest absolute Gasteiger partial charge is 0.459 e. The summed E-state index contributed by atoms with van der Waals surface area (Å²) in [6.07, 6.45) is 0. The van der Waals surface area contributed by atoms with Crippen molar-refractivity contribution in [3.05, 3.63) is 71.0 Å². The fourth-order valence-electron chi connectivity index (χ4n) is 3.19. The Morgan fingerprint density at radius 2 is 1.92 bits per heavy atom. The fourth-order valence-corrected chi connectivity index (χ4v) is 3.19. The molecule has 0 aliphatic rings. The molecule has 1 heterocycles.